The highest BCUT2D eigenvalue weighted by atomic mass is 16.5. The smallest absolute Gasteiger partial charge is 0.233 e. The Labute approximate surface area is 114 Å². The molecular weight excluding hydrogens is 242 g/mol. The summed E-state index contributed by atoms with van der Waals surface area (Å²) in [6, 6.07) is 3.69. The first-order valence-corrected chi connectivity index (χ1v) is 6.79. The zero-order chi connectivity index (χ0) is 13.8. The molecule has 0 bridgehead atoms. The molecule has 1 aliphatic heterocycles. The van der Waals surface area contributed by atoms with E-state index in [1.807, 2.05) is 24.0 Å². The molecule has 1 amide bonds. The van der Waals surface area contributed by atoms with Gasteiger partial charge < -0.3 is 9.64 Å². The Morgan fingerprint density at radius 1 is 1.47 bits per heavy atom. The average molecular weight is 263 g/mol. The van der Waals surface area contributed by atoms with Crippen molar-refractivity contribution in [2.75, 3.05) is 13.1 Å². The summed E-state index contributed by atoms with van der Waals surface area (Å²) in [5.41, 5.74) is 0.868. The average Bonchev–Trinajstić information content (AvgIpc) is 2.80. The molecule has 1 aliphatic rings. The molecule has 1 saturated heterocycles. The number of aryl methyl sites for hydroxylation is 1. The molecule has 0 aliphatic carbocycles. The van der Waals surface area contributed by atoms with Gasteiger partial charge in [-0.1, -0.05) is 13.8 Å². The Kier molecular flexibility index (Phi) is 4.35. The molecule has 0 aromatic carbocycles. The predicted molar refractivity (Wildman–Crippen MR) is 71.8 cm³/mol. The number of carbonyl (C=O) groups excluding carboxylic acids is 1. The van der Waals surface area contributed by atoms with Crippen LogP contribution in [0.1, 0.15) is 32.4 Å². The standard InChI is InChI=1S/C14H21N3O2/c1-10(2)8-14(18)17-7-6-12(9-17)19-13-5-4-11(3)15-16-13/h4-5,10,12H,6-9H2,1-3H3. The number of amides is 1. The number of likely N-dealkylation sites (tertiary alicyclic amines) is 1. The summed E-state index contributed by atoms with van der Waals surface area (Å²) < 4.78 is 5.75. The molecule has 5 nitrogen and oxygen atoms in total. The molecule has 0 N–H and O–H groups in total. The minimum absolute atomic E-state index is 0.0353. The van der Waals surface area contributed by atoms with Gasteiger partial charge in [0.1, 0.15) is 6.10 Å². The second-order valence-electron chi connectivity index (χ2n) is 5.48. The molecule has 1 aromatic rings. The van der Waals surface area contributed by atoms with E-state index in [-0.39, 0.29) is 12.0 Å². The van der Waals surface area contributed by atoms with Crippen molar-refractivity contribution in [1.82, 2.24) is 15.1 Å². The van der Waals surface area contributed by atoms with E-state index in [1.54, 1.807) is 0 Å². The topological polar surface area (TPSA) is 55.3 Å². The Morgan fingerprint density at radius 2 is 2.26 bits per heavy atom. The second kappa shape index (κ2) is 5.99. The molecule has 0 spiro atoms. The van der Waals surface area contributed by atoms with Gasteiger partial charge in [0.25, 0.3) is 0 Å². The lowest BCUT2D eigenvalue weighted by atomic mass is 10.1. The highest BCUT2D eigenvalue weighted by Gasteiger charge is 2.27. The van der Waals surface area contributed by atoms with Gasteiger partial charge in [-0.05, 0) is 18.9 Å². The van der Waals surface area contributed by atoms with Crippen LogP contribution in [0.2, 0.25) is 0 Å². The quantitative estimate of drug-likeness (QED) is 0.831. The van der Waals surface area contributed by atoms with Gasteiger partial charge in [-0.25, -0.2) is 0 Å². The summed E-state index contributed by atoms with van der Waals surface area (Å²) in [7, 11) is 0. The SMILES string of the molecule is Cc1ccc(OC2CCN(C(=O)CC(C)C)C2)nn1. The summed E-state index contributed by atoms with van der Waals surface area (Å²) in [5, 5.41) is 7.94. The van der Waals surface area contributed by atoms with Gasteiger partial charge in [-0.2, -0.15) is 5.10 Å². The lowest BCUT2D eigenvalue weighted by molar-refractivity contribution is -0.131. The van der Waals surface area contributed by atoms with E-state index >= 15 is 0 Å². The Bertz CT molecular complexity index is 431. The van der Waals surface area contributed by atoms with E-state index in [9.17, 15) is 4.79 Å². The first kappa shape index (κ1) is 13.8. The van der Waals surface area contributed by atoms with E-state index in [2.05, 4.69) is 24.0 Å². The number of ether oxygens (including phenoxy) is 1. The molecule has 1 aromatic heterocycles. The monoisotopic (exact) mass is 263 g/mol. The van der Waals surface area contributed by atoms with Crippen molar-refractivity contribution < 1.29 is 9.53 Å². The van der Waals surface area contributed by atoms with Gasteiger partial charge >= 0.3 is 0 Å². The van der Waals surface area contributed by atoms with Crippen LogP contribution in [-0.4, -0.2) is 40.2 Å². The first-order chi connectivity index (χ1) is 9.04. The molecule has 104 valence electrons. The van der Waals surface area contributed by atoms with Gasteiger partial charge in [0, 0.05) is 25.5 Å². The van der Waals surface area contributed by atoms with E-state index in [0.717, 1.165) is 18.7 Å². The normalized spacial score (nSPS) is 18.9. The van der Waals surface area contributed by atoms with Crippen molar-refractivity contribution in [2.24, 2.45) is 5.92 Å². The Hall–Kier alpha value is -1.65. The van der Waals surface area contributed by atoms with Gasteiger partial charge in [-0.3, -0.25) is 4.79 Å². The lowest BCUT2D eigenvalue weighted by Gasteiger charge is -2.17. The minimum Gasteiger partial charge on any atom is -0.471 e. The number of aromatic nitrogens is 2. The predicted octanol–water partition coefficient (Wildman–Crippen LogP) is 1.81. The van der Waals surface area contributed by atoms with Crippen LogP contribution in [0.5, 0.6) is 5.88 Å². The number of hydrogen-bond donors (Lipinski definition) is 0. The summed E-state index contributed by atoms with van der Waals surface area (Å²) in [5.74, 6) is 1.15. The van der Waals surface area contributed by atoms with Crippen molar-refractivity contribution in [3.8, 4) is 5.88 Å². The van der Waals surface area contributed by atoms with E-state index in [0.29, 0.717) is 24.8 Å². The Balaban J connectivity index is 1.85. The summed E-state index contributed by atoms with van der Waals surface area (Å²) in [6.07, 6.45) is 1.50. The number of carbonyl (C=O) groups is 1. The molecular formula is C14H21N3O2. The number of hydrogen-bond acceptors (Lipinski definition) is 4. The van der Waals surface area contributed by atoms with Crippen molar-refractivity contribution in [2.45, 2.75) is 39.7 Å². The van der Waals surface area contributed by atoms with Crippen LogP contribution < -0.4 is 4.74 Å². The van der Waals surface area contributed by atoms with Crippen molar-refractivity contribution >= 4 is 5.91 Å². The van der Waals surface area contributed by atoms with Crippen molar-refractivity contribution in [1.29, 1.82) is 0 Å². The third-order valence-corrected chi connectivity index (χ3v) is 3.14. The van der Waals surface area contributed by atoms with Crippen LogP contribution in [0.15, 0.2) is 12.1 Å². The maximum Gasteiger partial charge on any atom is 0.233 e. The zero-order valence-corrected chi connectivity index (χ0v) is 11.8. The highest BCUT2D eigenvalue weighted by molar-refractivity contribution is 5.76. The Morgan fingerprint density at radius 3 is 2.89 bits per heavy atom. The zero-order valence-electron chi connectivity index (χ0n) is 11.8. The second-order valence-corrected chi connectivity index (χ2v) is 5.48. The molecule has 0 radical (unpaired) electrons. The van der Waals surface area contributed by atoms with Crippen LogP contribution >= 0.6 is 0 Å². The molecule has 1 atom stereocenters. The number of nitrogens with zero attached hydrogens (tertiary/aromatic N) is 3. The molecule has 0 saturated carbocycles. The molecule has 1 unspecified atom stereocenters. The van der Waals surface area contributed by atoms with E-state index in [1.165, 1.54) is 0 Å². The van der Waals surface area contributed by atoms with Crippen LogP contribution in [0.3, 0.4) is 0 Å². The highest BCUT2D eigenvalue weighted by Crippen LogP contribution is 2.17. The fraction of sp³-hybridized carbons (Fsp3) is 0.643. The van der Waals surface area contributed by atoms with E-state index < -0.39 is 0 Å². The van der Waals surface area contributed by atoms with Crippen LogP contribution in [0.4, 0.5) is 0 Å². The maximum absolute atomic E-state index is 11.9. The van der Waals surface area contributed by atoms with Crippen LogP contribution in [-0.2, 0) is 4.79 Å². The fourth-order valence-electron chi connectivity index (χ4n) is 2.15. The summed E-state index contributed by atoms with van der Waals surface area (Å²) in [4.78, 5) is 13.8. The molecule has 2 rings (SSSR count). The molecule has 5 heteroatoms. The number of rotatable bonds is 4. The van der Waals surface area contributed by atoms with Gasteiger partial charge in [0.2, 0.25) is 11.8 Å². The molecule has 19 heavy (non-hydrogen) atoms. The van der Waals surface area contributed by atoms with Gasteiger partial charge in [0.15, 0.2) is 0 Å². The minimum atomic E-state index is 0.0353. The third-order valence-electron chi connectivity index (χ3n) is 3.14. The van der Waals surface area contributed by atoms with Gasteiger partial charge in [0.05, 0.1) is 12.2 Å². The summed E-state index contributed by atoms with van der Waals surface area (Å²) >= 11 is 0. The fourth-order valence-corrected chi connectivity index (χ4v) is 2.15. The van der Waals surface area contributed by atoms with Crippen molar-refractivity contribution in [3.63, 3.8) is 0 Å². The van der Waals surface area contributed by atoms with Crippen molar-refractivity contribution in [3.05, 3.63) is 17.8 Å². The van der Waals surface area contributed by atoms with Crippen LogP contribution in [0.25, 0.3) is 0 Å². The molecule has 1 fully saturated rings. The maximum atomic E-state index is 11.9. The first-order valence-electron chi connectivity index (χ1n) is 6.79. The van der Waals surface area contributed by atoms with Gasteiger partial charge in [-0.15, -0.1) is 5.10 Å². The summed E-state index contributed by atoms with van der Waals surface area (Å²) in [6.45, 7) is 7.43. The largest absolute Gasteiger partial charge is 0.471 e. The lowest BCUT2D eigenvalue weighted by Crippen LogP contribution is -2.31. The van der Waals surface area contributed by atoms with Crippen LogP contribution in [0, 0.1) is 12.8 Å². The van der Waals surface area contributed by atoms with E-state index in [4.69, 9.17) is 4.74 Å². The third kappa shape index (κ3) is 3.91. The molecule has 2 heterocycles.